The summed E-state index contributed by atoms with van der Waals surface area (Å²) in [5.41, 5.74) is 4.29. The van der Waals surface area contributed by atoms with Crippen LogP contribution >= 0.6 is 11.6 Å². The normalized spacial score (nSPS) is 10.3. The summed E-state index contributed by atoms with van der Waals surface area (Å²) in [6.45, 7) is 3.02. The van der Waals surface area contributed by atoms with Crippen LogP contribution in [-0.4, -0.2) is 37.6 Å². The number of methoxy groups -OCH3 is 1. The summed E-state index contributed by atoms with van der Waals surface area (Å²) in [7, 11) is 1.41. The van der Waals surface area contributed by atoms with Crippen LogP contribution in [0.2, 0.25) is 5.02 Å². The van der Waals surface area contributed by atoms with Gasteiger partial charge in [0.05, 0.1) is 30.1 Å². The molecule has 0 fully saturated rings. The minimum absolute atomic E-state index is 0.0164. The largest absolute Gasteiger partial charge is 0.493 e. The second kappa shape index (κ2) is 9.65. The maximum absolute atomic E-state index is 12.2. The van der Waals surface area contributed by atoms with Crippen LogP contribution in [0.5, 0.6) is 11.5 Å². The molecule has 1 aromatic carbocycles. The highest BCUT2D eigenvalue weighted by atomic mass is 35.5. The summed E-state index contributed by atoms with van der Waals surface area (Å²) in [4.78, 5) is 35.5. The summed E-state index contributed by atoms with van der Waals surface area (Å²) >= 11 is 6.15. The average molecular weight is 411 g/mol. The number of esters is 1. The number of carbonyl (C=O) groups excluding carboxylic acids is 3. The lowest BCUT2D eigenvalue weighted by Gasteiger charge is -2.16. The molecule has 0 saturated carbocycles. The van der Waals surface area contributed by atoms with Crippen molar-refractivity contribution in [3.63, 3.8) is 0 Å². The molecule has 0 bridgehead atoms. The van der Waals surface area contributed by atoms with E-state index in [1.165, 1.54) is 37.6 Å². The van der Waals surface area contributed by atoms with E-state index < -0.39 is 24.4 Å². The number of nitrogens with one attached hydrogen (secondary N) is 2. The second-order valence-corrected chi connectivity index (χ2v) is 6.12. The Morgan fingerprint density at radius 2 is 1.96 bits per heavy atom. The molecule has 1 aromatic heterocycles. The fraction of sp³-hybridized carbons (Fsp3) is 0.278. The summed E-state index contributed by atoms with van der Waals surface area (Å²) < 4.78 is 20.5. The van der Waals surface area contributed by atoms with E-state index in [4.69, 9.17) is 30.2 Å². The molecule has 0 saturated heterocycles. The molecule has 150 valence electrons. The lowest BCUT2D eigenvalue weighted by Crippen LogP contribution is -2.43. The SMILES string of the molecule is COc1cc(C(=O)OCC(=O)NNC(=O)c2ccco2)cc(Cl)c1OC(C)C. The summed E-state index contributed by atoms with van der Waals surface area (Å²) in [5.74, 6) is -1.63. The van der Waals surface area contributed by atoms with Gasteiger partial charge in [0.15, 0.2) is 23.9 Å². The van der Waals surface area contributed by atoms with Gasteiger partial charge in [0.1, 0.15) is 0 Å². The van der Waals surface area contributed by atoms with Gasteiger partial charge in [-0.05, 0) is 38.1 Å². The monoisotopic (exact) mass is 410 g/mol. The minimum Gasteiger partial charge on any atom is -0.493 e. The van der Waals surface area contributed by atoms with Crippen molar-refractivity contribution in [2.24, 2.45) is 0 Å². The highest BCUT2D eigenvalue weighted by molar-refractivity contribution is 6.32. The Morgan fingerprint density at radius 1 is 1.21 bits per heavy atom. The zero-order valence-electron chi connectivity index (χ0n) is 15.4. The van der Waals surface area contributed by atoms with E-state index in [1.807, 2.05) is 13.8 Å². The molecule has 0 aliphatic rings. The van der Waals surface area contributed by atoms with Gasteiger partial charge < -0.3 is 18.6 Å². The van der Waals surface area contributed by atoms with Crippen LogP contribution in [0.3, 0.4) is 0 Å². The van der Waals surface area contributed by atoms with Crippen molar-refractivity contribution in [2.45, 2.75) is 20.0 Å². The number of carbonyl (C=O) groups is 3. The molecule has 28 heavy (non-hydrogen) atoms. The molecule has 2 amide bonds. The number of ether oxygens (including phenoxy) is 3. The van der Waals surface area contributed by atoms with E-state index >= 15 is 0 Å². The first-order chi connectivity index (χ1) is 13.3. The van der Waals surface area contributed by atoms with Gasteiger partial charge in [0, 0.05) is 0 Å². The average Bonchev–Trinajstić information content (AvgIpc) is 3.20. The smallest absolute Gasteiger partial charge is 0.338 e. The molecule has 0 unspecified atom stereocenters. The number of amides is 2. The topological polar surface area (TPSA) is 116 Å². The second-order valence-electron chi connectivity index (χ2n) is 5.71. The van der Waals surface area contributed by atoms with Crippen molar-refractivity contribution in [1.29, 1.82) is 0 Å². The van der Waals surface area contributed by atoms with Crippen LogP contribution in [0.15, 0.2) is 34.9 Å². The maximum atomic E-state index is 12.2. The third-order valence-electron chi connectivity index (χ3n) is 3.21. The van der Waals surface area contributed by atoms with Gasteiger partial charge >= 0.3 is 11.9 Å². The first kappa shape index (κ1) is 21.1. The number of halogens is 1. The summed E-state index contributed by atoms with van der Waals surface area (Å²) in [6, 6.07) is 5.68. The van der Waals surface area contributed by atoms with E-state index in [0.29, 0.717) is 5.75 Å². The van der Waals surface area contributed by atoms with Crippen molar-refractivity contribution < 1.29 is 33.0 Å². The molecule has 0 aliphatic carbocycles. The van der Waals surface area contributed by atoms with Crippen LogP contribution < -0.4 is 20.3 Å². The number of benzene rings is 1. The lowest BCUT2D eigenvalue weighted by atomic mass is 10.2. The molecule has 1 heterocycles. The molecule has 0 radical (unpaired) electrons. The van der Waals surface area contributed by atoms with Gasteiger partial charge in [0.2, 0.25) is 0 Å². The van der Waals surface area contributed by atoms with E-state index in [1.54, 1.807) is 0 Å². The van der Waals surface area contributed by atoms with Crippen LogP contribution in [-0.2, 0) is 9.53 Å². The molecular formula is C18H19ClN2O7. The van der Waals surface area contributed by atoms with Crippen LogP contribution in [0, 0.1) is 0 Å². The third kappa shape index (κ3) is 5.65. The van der Waals surface area contributed by atoms with E-state index in [0.717, 1.165) is 0 Å². The Bertz CT molecular complexity index is 850. The van der Waals surface area contributed by atoms with Crippen molar-refractivity contribution in [1.82, 2.24) is 10.9 Å². The quantitative estimate of drug-likeness (QED) is 0.531. The molecule has 0 atom stereocenters. The van der Waals surface area contributed by atoms with E-state index in [-0.39, 0.29) is 28.2 Å². The molecule has 2 aromatic rings. The Labute approximate surface area is 165 Å². The van der Waals surface area contributed by atoms with Crippen LogP contribution in [0.1, 0.15) is 34.8 Å². The van der Waals surface area contributed by atoms with Gasteiger partial charge in [-0.15, -0.1) is 0 Å². The predicted molar refractivity (Wildman–Crippen MR) is 98.4 cm³/mol. The van der Waals surface area contributed by atoms with Crippen molar-refractivity contribution >= 4 is 29.4 Å². The molecular weight excluding hydrogens is 392 g/mol. The van der Waals surface area contributed by atoms with Crippen LogP contribution in [0.25, 0.3) is 0 Å². The first-order valence-corrected chi connectivity index (χ1v) is 8.53. The number of furan rings is 1. The first-order valence-electron chi connectivity index (χ1n) is 8.15. The predicted octanol–water partition coefficient (Wildman–Crippen LogP) is 2.35. The molecule has 9 nitrogen and oxygen atoms in total. The number of hydrogen-bond donors (Lipinski definition) is 2. The van der Waals surface area contributed by atoms with Gasteiger partial charge in [-0.25, -0.2) is 4.79 Å². The van der Waals surface area contributed by atoms with E-state index in [2.05, 4.69) is 10.9 Å². The van der Waals surface area contributed by atoms with Gasteiger partial charge in [-0.2, -0.15) is 0 Å². The Kier molecular flexibility index (Phi) is 7.28. The molecule has 2 rings (SSSR count). The molecule has 10 heteroatoms. The molecule has 2 N–H and O–H groups in total. The number of rotatable bonds is 7. The molecule has 0 aliphatic heterocycles. The van der Waals surface area contributed by atoms with Crippen molar-refractivity contribution in [3.8, 4) is 11.5 Å². The van der Waals surface area contributed by atoms with Crippen molar-refractivity contribution in [3.05, 3.63) is 46.9 Å². The fourth-order valence-corrected chi connectivity index (χ4v) is 2.29. The van der Waals surface area contributed by atoms with Crippen LogP contribution in [0.4, 0.5) is 0 Å². The lowest BCUT2D eigenvalue weighted by molar-refractivity contribution is -0.125. The van der Waals surface area contributed by atoms with E-state index in [9.17, 15) is 14.4 Å². The number of hydrogen-bond acceptors (Lipinski definition) is 7. The summed E-state index contributed by atoms with van der Waals surface area (Å²) in [6.07, 6.45) is 1.17. The number of hydrazine groups is 1. The van der Waals surface area contributed by atoms with Crippen molar-refractivity contribution in [2.75, 3.05) is 13.7 Å². The Hall–Kier alpha value is -3.20. The standard InChI is InChI=1S/C18H19ClN2O7/c1-10(2)28-16-12(19)7-11(8-14(16)25-3)18(24)27-9-15(22)20-21-17(23)13-5-4-6-26-13/h4-8,10H,9H2,1-3H3,(H,20,22)(H,21,23). The van der Waals surface area contributed by atoms with Gasteiger partial charge in [0.25, 0.3) is 5.91 Å². The summed E-state index contributed by atoms with van der Waals surface area (Å²) in [5, 5.41) is 0.162. The zero-order valence-corrected chi connectivity index (χ0v) is 16.2. The minimum atomic E-state index is -0.802. The van der Waals surface area contributed by atoms with Gasteiger partial charge in [-0.3, -0.25) is 20.4 Å². The zero-order chi connectivity index (χ0) is 20.7. The Balaban J connectivity index is 1.92. The highest BCUT2D eigenvalue weighted by Gasteiger charge is 2.19. The highest BCUT2D eigenvalue weighted by Crippen LogP contribution is 2.37. The van der Waals surface area contributed by atoms with Gasteiger partial charge in [-0.1, -0.05) is 11.6 Å². The Morgan fingerprint density at radius 3 is 2.57 bits per heavy atom. The maximum Gasteiger partial charge on any atom is 0.338 e. The fourth-order valence-electron chi connectivity index (χ4n) is 2.03. The third-order valence-corrected chi connectivity index (χ3v) is 3.49. The molecule has 0 spiro atoms.